The molecule has 1 aromatic heterocycles. The third-order valence-corrected chi connectivity index (χ3v) is 8.04. The number of carbonyl (C=O) groups excluding carboxylic acids is 3. The summed E-state index contributed by atoms with van der Waals surface area (Å²) in [6, 6.07) is 7.43. The lowest BCUT2D eigenvalue weighted by Crippen LogP contribution is -2.57. The van der Waals surface area contributed by atoms with Crippen LogP contribution in [0.3, 0.4) is 0 Å². The molecule has 1 unspecified atom stereocenters. The van der Waals surface area contributed by atoms with Crippen molar-refractivity contribution in [1.29, 1.82) is 0 Å². The minimum atomic E-state index is -0.604. The summed E-state index contributed by atoms with van der Waals surface area (Å²) < 4.78 is 6.54. The summed E-state index contributed by atoms with van der Waals surface area (Å²) in [5.74, 6) is 1.20. The molecule has 3 aliphatic heterocycles. The first-order chi connectivity index (χ1) is 17.5. The molecule has 3 amide bonds. The van der Waals surface area contributed by atoms with Crippen LogP contribution in [0.2, 0.25) is 0 Å². The molecule has 1 N–H and O–H groups in total. The molecular weight excluding hydrogens is 458 g/mol. The summed E-state index contributed by atoms with van der Waals surface area (Å²) in [6.07, 6.45) is 7.05. The minimum Gasteiger partial charge on any atom is -0.489 e. The highest BCUT2D eigenvalue weighted by atomic mass is 16.5. The van der Waals surface area contributed by atoms with Gasteiger partial charge in [-0.2, -0.15) is 0 Å². The molecule has 2 saturated heterocycles. The molecule has 2 aromatic rings. The molecule has 9 nitrogen and oxygen atoms in total. The van der Waals surface area contributed by atoms with Crippen molar-refractivity contribution in [3.8, 4) is 5.75 Å². The molecule has 0 radical (unpaired) electrons. The van der Waals surface area contributed by atoms with E-state index in [2.05, 4.69) is 20.2 Å². The van der Waals surface area contributed by atoms with Gasteiger partial charge in [-0.15, -0.1) is 0 Å². The van der Waals surface area contributed by atoms with Crippen LogP contribution in [0, 0.1) is 6.92 Å². The molecule has 0 bridgehead atoms. The Morgan fingerprint density at radius 1 is 1.06 bits per heavy atom. The molecule has 188 valence electrons. The van der Waals surface area contributed by atoms with Crippen LogP contribution in [-0.2, 0) is 16.1 Å². The van der Waals surface area contributed by atoms with E-state index in [1.54, 1.807) is 4.90 Å². The van der Waals surface area contributed by atoms with Gasteiger partial charge in [-0.3, -0.25) is 24.6 Å². The Morgan fingerprint density at radius 2 is 1.89 bits per heavy atom. The SMILES string of the molecule is Cc1nccc(C2CN([C@@H]3CCCC[C@H]3Oc3ccc4c(c3)CN(C3CCC(=O)NC3=O)C4=O)C2)n1. The number of nitrogens with zero attached hydrogens (tertiary/aromatic N) is 4. The first-order valence-corrected chi connectivity index (χ1v) is 12.9. The molecule has 4 heterocycles. The standard InChI is InChI=1S/C27H31N5O4/c1-16-28-11-10-21(29-16)18-13-31(14-18)22-4-2-3-5-24(22)36-19-6-7-20-17(12-19)15-32(27(20)35)23-8-9-25(33)30-26(23)34/h6-7,10-12,18,22-24H,2-5,8-9,13-15H2,1H3,(H,30,33,34)/t22-,23?,24-/m1/s1. The Hall–Kier alpha value is -3.33. The predicted molar refractivity (Wildman–Crippen MR) is 130 cm³/mol. The Labute approximate surface area is 210 Å². The average Bonchev–Trinajstić information content (AvgIpc) is 3.15. The van der Waals surface area contributed by atoms with Gasteiger partial charge in [0.15, 0.2) is 0 Å². The van der Waals surface area contributed by atoms with Crippen LogP contribution in [-0.4, -0.2) is 68.8 Å². The number of nitrogens with one attached hydrogen (secondary N) is 1. The summed E-state index contributed by atoms with van der Waals surface area (Å²) in [5.41, 5.74) is 2.60. The molecular formula is C27H31N5O4. The number of aryl methyl sites for hydroxylation is 1. The number of hydrogen-bond donors (Lipinski definition) is 1. The number of aromatic nitrogens is 2. The molecule has 1 aromatic carbocycles. The first kappa shape index (κ1) is 23.1. The van der Waals surface area contributed by atoms with Crippen molar-refractivity contribution in [2.45, 2.75) is 76.1 Å². The third-order valence-electron chi connectivity index (χ3n) is 8.04. The summed E-state index contributed by atoms with van der Waals surface area (Å²) in [4.78, 5) is 49.7. The summed E-state index contributed by atoms with van der Waals surface area (Å²) in [7, 11) is 0. The lowest BCUT2D eigenvalue weighted by Gasteiger charge is -2.48. The van der Waals surface area contributed by atoms with Crippen molar-refractivity contribution in [2.24, 2.45) is 0 Å². The highest BCUT2D eigenvalue weighted by Crippen LogP contribution is 2.36. The molecule has 1 saturated carbocycles. The third kappa shape index (κ3) is 4.25. The maximum atomic E-state index is 13.0. The second-order valence-corrected chi connectivity index (χ2v) is 10.4. The molecule has 0 spiro atoms. The number of amides is 3. The average molecular weight is 490 g/mol. The topological polar surface area (TPSA) is 105 Å². The maximum Gasteiger partial charge on any atom is 0.255 e. The fourth-order valence-electron chi connectivity index (χ4n) is 6.10. The maximum absolute atomic E-state index is 13.0. The van der Waals surface area contributed by atoms with Crippen LogP contribution in [0.5, 0.6) is 5.75 Å². The Kier molecular flexibility index (Phi) is 5.95. The van der Waals surface area contributed by atoms with Gasteiger partial charge in [0, 0.05) is 55.5 Å². The van der Waals surface area contributed by atoms with E-state index in [0.717, 1.165) is 55.2 Å². The molecule has 6 rings (SSSR count). The zero-order valence-corrected chi connectivity index (χ0v) is 20.5. The fourth-order valence-corrected chi connectivity index (χ4v) is 6.10. The zero-order chi connectivity index (χ0) is 24.8. The van der Waals surface area contributed by atoms with Gasteiger partial charge >= 0.3 is 0 Å². The van der Waals surface area contributed by atoms with Gasteiger partial charge in [-0.05, 0) is 62.4 Å². The van der Waals surface area contributed by atoms with Crippen molar-refractivity contribution >= 4 is 17.7 Å². The van der Waals surface area contributed by atoms with Gasteiger partial charge in [-0.1, -0.05) is 6.42 Å². The van der Waals surface area contributed by atoms with Gasteiger partial charge in [-0.25, -0.2) is 9.97 Å². The summed E-state index contributed by atoms with van der Waals surface area (Å²) in [6.45, 7) is 4.26. The Bertz CT molecular complexity index is 1210. The molecule has 36 heavy (non-hydrogen) atoms. The molecule has 3 atom stereocenters. The highest BCUT2D eigenvalue weighted by Gasteiger charge is 2.41. The van der Waals surface area contributed by atoms with E-state index < -0.39 is 6.04 Å². The number of likely N-dealkylation sites (tertiary alicyclic amines) is 1. The van der Waals surface area contributed by atoms with E-state index in [4.69, 9.17) is 4.74 Å². The van der Waals surface area contributed by atoms with Gasteiger partial charge in [0.1, 0.15) is 23.7 Å². The Balaban J connectivity index is 1.12. The van der Waals surface area contributed by atoms with Crippen molar-refractivity contribution in [3.05, 3.63) is 53.1 Å². The van der Waals surface area contributed by atoms with Crippen LogP contribution in [0.15, 0.2) is 30.5 Å². The van der Waals surface area contributed by atoms with E-state index in [-0.39, 0.29) is 30.2 Å². The molecule has 9 heteroatoms. The normalized spacial score (nSPS) is 27.0. The number of rotatable bonds is 5. The van der Waals surface area contributed by atoms with E-state index in [1.165, 1.54) is 6.42 Å². The van der Waals surface area contributed by atoms with Crippen LogP contribution in [0.1, 0.15) is 71.9 Å². The minimum absolute atomic E-state index is 0.105. The number of benzene rings is 1. The number of carbonyl (C=O) groups is 3. The van der Waals surface area contributed by atoms with E-state index in [0.29, 0.717) is 30.5 Å². The fraction of sp³-hybridized carbons (Fsp3) is 0.519. The van der Waals surface area contributed by atoms with Gasteiger partial charge < -0.3 is 9.64 Å². The molecule has 3 fully saturated rings. The zero-order valence-electron chi connectivity index (χ0n) is 20.5. The lowest BCUT2D eigenvalue weighted by molar-refractivity contribution is -0.136. The van der Waals surface area contributed by atoms with Crippen molar-refractivity contribution in [1.82, 2.24) is 25.1 Å². The number of ether oxygens (including phenoxy) is 1. The van der Waals surface area contributed by atoms with Gasteiger partial charge in [0.05, 0.1) is 0 Å². The van der Waals surface area contributed by atoms with Crippen LogP contribution >= 0.6 is 0 Å². The van der Waals surface area contributed by atoms with Gasteiger partial charge in [0.2, 0.25) is 11.8 Å². The summed E-state index contributed by atoms with van der Waals surface area (Å²) in [5, 5.41) is 2.35. The second kappa shape index (κ2) is 9.28. The highest BCUT2D eigenvalue weighted by molar-refractivity contribution is 6.05. The van der Waals surface area contributed by atoms with Crippen molar-refractivity contribution in [3.63, 3.8) is 0 Å². The van der Waals surface area contributed by atoms with Crippen molar-refractivity contribution < 1.29 is 19.1 Å². The number of hydrogen-bond acceptors (Lipinski definition) is 7. The van der Waals surface area contributed by atoms with Crippen LogP contribution in [0.4, 0.5) is 0 Å². The van der Waals surface area contributed by atoms with E-state index in [9.17, 15) is 14.4 Å². The number of imide groups is 1. The molecule has 4 aliphatic rings. The molecule has 1 aliphatic carbocycles. The van der Waals surface area contributed by atoms with Crippen molar-refractivity contribution in [2.75, 3.05) is 13.1 Å². The monoisotopic (exact) mass is 489 g/mol. The second-order valence-electron chi connectivity index (χ2n) is 10.4. The predicted octanol–water partition coefficient (Wildman–Crippen LogP) is 2.34. The number of fused-ring (bicyclic) bond motifs is 1. The van der Waals surface area contributed by atoms with E-state index >= 15 is 0 Å². The van der Waals surface area contributed by atoms with Crippen LogP contribution < -0.4 is 10.1 Å². The largest absolute Gasteiger partial charge is 0.489 e. The quantitative estimate of drug-likeness (QED) is 0.643. The number of piperidine rings is 1. The smallest absolute Gasteiger partial charge is 0.255 e. The lowest BCUT2D eigenvalue weighted by atomic mass is 9.85. The van der Waals surface area contributed by atoms with Crippen LogP contribution in [0.25, 0.3) is 0 Å². The Morgan fingerprint density at radius 3 is 2.69 bits per heavy atom. The summed E-state index contributed by atoms with van der Waals surface area (Å²) >= 11 is 0. The van der Waals surface area contributed by atoms with E-state index in [1.807, 2.05) is 37.4 Å². The first-order valence-electron chi connectivity index (χ1n) is 12.9. The van der Waals surface area contributed by atoms with Gasteiger partial charge in [0.25, 0.3) is 5.91 Å².